The molecule has 1 saturated heterocycles. The van der Waals surface area contributed by atoms with Crippen LogP contribution in [0.4, 0.5) is 4.39 Å². The minimum Gasteiger partial charge on any atom is -0.338 e. The molecule has 3 heteroatoms. The molecule has 0 N–H and O–H groups in total. The maximum absolute atomic E-state index is 13.0. The third-order valence-corrected chi connectivity index (χ3v) is 3.57. The fourth-order valence-electron chi connectivity index (χ4n) is 2.39. The molecular formula is C14H18FNO. The van der Waals surface area contributed by atoms with E-state index in [1.165, 1.54) is 12.1 Å². The van der Waals surface area contributed by atoms with Crippen molar-refractivity contribution in [1.82, 2.24) is 4.90 Å². The molecule has 1 atom stereocenters. The summed E-state index contributed by atoms with van der Waals surface area (Å²) in [5.41, 5.74) is 1.35. The van der Waals surface area contributed by atoms with Crippen molar-refractivity contribution in [1.29, 1.82) is 0 Å². The summed E-state index contributed by atoms with van der Waals surface area (Å²) in [6.07, 6.45) is 2.20. The van der Waals surface area contributed by atoms with Crippen molar-refractivity contribution in [3.8, 4) is 0 Å². The van der Waals surface area contributed by atoms with Crippen LogP contribution in [0, 0.1) is 18.7 Å². The van der Waals surface area contributed by atoms with Gasteiger partial charge in [-0.15, -0.1) is 0 Å². The number of nitrogens with zero attached hydrogens (tertiary/aromatic N) is 1. The number of amides is 1. The first-order valence-corrected chi connectivity index (χ1v) is 6.17. The molecule has 1 fully saturated rings. The molecule has 1 unspecified atom stereocenters. The summed E-state index contributed by atoms with van der Waals surface area (Å²) >= 11 is 0. The van der Waals surface area contributed by atoms with Gasteiger partial charge in [-0.05, 0) is 43.0 Å². The van der Waals surface area contributed by atoms with Gasteiger partial charge in [0.05, 0.1) is 0 Å². The van der Waals surface area contributed by atoms with E-state index in [9.17, 15) is 9.18 Å². The first-order chi connectivity index (χ1) is 8.11. The number of benzene rings is 1. The number of halogens is 1. The lowest BCUT2D eigenvalue weighted by molar-refractivity contribution is 0.0786. The summed E-state index contributed by atoms with van der Waals surface area (Å²) in [7, 11) is 0. The Morgan fingerprint density at radius 2 is 2.29 bits per heavy atom. The summed E-state index contributed by atoms with van der Waals surface area (Å²) in [4.78, 5) is 14.1. The first-order valence-electron chi connectivity index (χ1n) is 6.17. The Balaban J connectivity index is 2.15. The second-order valence-corrected chi connectivity index (χ2v) is 4.77. The Morgan fingerprint density at radius 3 is 2.88 bits per heavy atom. The lowest BCUT2D eigenvalue weighted by atomic mass is 10.1. The quantitative estimate of drug-likeness (QED) is 0.771. The summed E-state index contributed by atoms with van der Waals surface area (Å²) in [5.74, 6) is 0.380. The Hall–Kier alpha value is -1.38. The second-order valence-electron chi connectivity index (χ2n) is 4.77. The third kappa shape index (κ3) is 2.48. The van der Waals surface area contributed by atoms with Gasteiger partial charge in [0.15, 0.2) is 0 Å². The Morgan fingerprint density at radius 1 is 1.53 bits per heavy atom. The van der Waals surface area contributed by atoms with Crippen LogP contribution >= 0.6 is 0 Å². The SMILES string of the molecule is CCC1CCN(C(=O)c2ccc(F)cc2C)C1. The van der Waals surface area contributed by atoms with E-state index >= 15 is 0 Å². The maximum atomic E-state index is 13.0. The smallest absolute Gasteiger partial charge is 0.254 e. The highest BCUT2D eigenvalue weighted by Crippen LogP contribution is 2.22. The van der Waals surface area contributed by atoms with Gasteiger partial charge in [-0.25, -0.2) is 4.39 Å². The van der Waals surface area contributed by atoms with Crippen LogP contribution in [-0.2, 0) is 0 Å². The number of hydrogen-bond acceptors (Lipinski definition) is 1. The van der Waals surface area contributed by atoms with Gasteiger partial charge in [0.1, 0.15) is 5.82 Å². The third-order valence-electron chi connectivity index (χ3n) is 3.57. The average Bonchev–Trinajstić information content (AvgIpc) is 2.76. The molecule has 1 aromatic rings. The van der Waals surface area contributed by atoms with E-state index in [-0.39, 0.29) is 11.7 Å². The molecule has 0 spiro atoms. The molecule has 1 aliphatic rings. The zero-order valence-electron chi connectivity index (χ0n) is 10.4. The predicted molar refractivity (Wildman–Crippen MR) is 65.4 cm³/mol. The van der Waals surface area contributed by atoms with Gasteiger partial charge in [0, 0.05) is 18.7 Å². The normalized spacial score (nSPS) is 19.7. The van der Waals surface area contributed by atoms with Gasteiger partial charge >= 0.3 is 0 Å². The standard InChI is InChI=1S/C14H18FNO/c1-3-11-6-7-16(9-11)14(17)13-5-4-12(15)8-10(13)2/h4-5,8,11H,3,6-7,9H2,1-2H3. The first kappa shape index (κ1) is 12.1. The van der Waals surface area contributed by atoms with Crippen molar-refractivity contribution >= 4 is 5.91 Å². The molecule has 1 aromatic carbocycles. The minimum absolute atomic E-state index is 0.0402. The van der Waals surface area contributed by atoms with E-state index < -0.39 is 0 Å². The summed E-state index contributed by atoms with van der Waals surface area (Å²) in [6.45, 7) is 5.60. The van der Waals surface area contributed by atoms with Crippen LogP contribution in [0.1, 0.15) is 35.7 Å². The zero-order chi connectivity index (χ0) is 12.4. The highest BCUT2D eigenvalue weighted by Gasteiger charge is 2.26. The van der Waals surface area contributed by atoms with Gasteiger partial charge in [-0.3, -0.25) is 4.79 Å². The number of rotatable bonds is 2. The van der Waals surface area contributed by atoms with E-state index in [2.05, 4.69) is 6.92 Å². The number of carbonyl (C=O) groups is 1. The number of likely N-dealkylation sites (tertiary alicyclic amines) is 1. The Bertz CT molecular complexity index is 430. The number of aryl methyl sites for hydroxylation is 1. The molecule has 0 aromatic heterocycles. The highest BCUT2D eigenvalue weighted by atomic mass is 19.1. The number of hydrogen-bond donors (Lipinski definition) is 0. The van der Waals surface area contributed by atoms with Crippen molar-refractivity contribution in [2.75, 3.05) is 13.1 Å². The van der Waals surface area contributed by atoms with E-state index in [0.717, 1.165) is 31.5 Å². The average molecular weight is 235 g/mol. The number of carbonyl (C=O) groups excluding carboxylic acids is 1. The van der Waals surface area contributed by atoms with Gasteiger partial charge in [0.25, 0.3) is 5.91 Å². The molecule has 0 aliphatic carbocycles. The van der Waals surface area contributed by atoms with E-state index in [1.807, 2.05) is 4.90 Å². The van der Waals surface area contributed by atoms with Crippen molar-refractivity contribution in [3.63, 3.8) is 0 Å². The minimum atomic E-state index is -0.285. The zero-order valence-corrected chi connectivity index (χ0v) is 10.4. The van der Waals surface area contributed by atoms with Gasteiger partial charge in [-0.2, -0.15) is 0 Å². The van der Waals surface area contributed by atoms with Crippen LogP contribution in [0.25, 0.3) is 0 Å². The fraction of sp³-hybridized carbons (Fsp3) is 0.500. The van der Waals surface area contributed by atoms with Gasteiger partial charge < -0.3 is 4.90 Å². The molecule has 92 valence electrons. The van der Waals surface area contributed by atoms with Crippen molar-refractivity contribution < 1.29 is 9.18 Å². The van der Waals surface area contributed by atoms with Crippen LogP contribution in [0.5, 0.6) is 0 Å². The van der Waals surface area contributed by atoms with Crippen molar-refractivity contribution in [2.24, 2.45) is 5.92 Å². The van der Waals surface area contributed by atoms with Crippen LogP contribution in [0.15, 0.2) is 18.2 Å². The Labute approximate surface area is 101 Å². The molecule has 0 bridgehead atoms. The molecule has 1 amide bonds. The van der Waals surface area contributed by atoms with E-state index in [0.29, 0.717) is 11.5 Å². The van der Waals surface area contributed by atoms with Gasteiger partial charge in [0.2, 0.25) is 0 Å². The molecule has 0 saturated carbocycles. The lowest BCUT2D eigenvalue weighted by Gasteiger charge is -2.17. The highest BCUT2D eigenvalue weighted by molar-refractivity contribution is 5.95. The molecule has 2 nitrogen and oxygen atoms in total. The molecule has 17 heavy (non-hydrogen) atoms. The second kappa shape index (κ2) is 4.86. The molecular weight excluding hydrogens is 217 g/mol. The maximum Gasteiger partial charge on any atom is 0.254 e. The molecule has 1 heterocycles. The summed E-state index contributed by atoms with van der Waals surface area (Å²) in [6, 6.07) is 4.36. The molecule has 1 aliphatic heterocycles. The van der Waals surface area contributed by atoms with Crippen LogP contribution in [0.3, 0.4) is 0 Å². The topological polar surface area (TPSA) is 20.3 Å². The van der Waals surface area contributed by atoms with Crippen molar-refractivity contribution in [3.05, 3.63) is 35.1 Å². The predicted octanol–water partition coefficient (Wildman–Crippen LogP) is 3.01. The molecule has 0 radical (unpaired) electrons. The fourth-order valence-corrected chi connectivity index (χ4v) is 2.39. The largest absolute Gasteiger partial charge is 0.338 e. The van der Waals surface area contributed by atoms with Crippen molar-refractivity contribution in [2.45, 2.75) is 26.7 Å². The van der Waals surface area contributed by atoms with Crippen LogP contribution in [0.2, 0.25) is 0 Å². The molecule has 2 rings (SSSR count). The summed E-state index contributed by atoms with van der Waals surface area (Å²) < 4.78 is 13.0. The lowest BCUT2D eigenvalue weighted by Crippen LogP contribution is -2.29. The van der Waals surface area contributed by atoms with Crippen LogP contribution in [-0.4, -0.2) is 23.9 Å². The summed E-state index contributed by atoms with van der Waals surface area (Å²) in [5, 5.41) is 0. The monoisotopic (exact) mass is 235 g/mol. The van der Waals surface area contributed by atoms with E-state index in [4.69, 9.17) is 0 Å². The van der Waals surface area contributed by atoms with Gasteiger partial charge in [-0.1, -0.05) is 13.3 Å². The van der Waals surface area contributed by atoms with Crippen LogP contribution < -0.4 is 0 Å². The Kier molecular flexibility index (Phi) is 3.46. The van der Waals surface area contributed by atoms with E-state index in [1.54, 1.807) is 13.0 Å².